The largest absolute Gasteiger partial charge is 0.477 e. The number of carboxylic acids is 1. The molecule has 0 aliphatic carbocycles. The smallest absolute Gasteiger partial charge is 0.354 e. The maximum atomic E-state index is 12.0. The number of aryl methyl sites for hydroxylation is 1. The van der Waals surface area contributed by atoms with Crippen LogP contribution in [0, 0.1) is 6.92 Å². The third-order valence-corrected chi connectivity index (χ3v) is 2.79. The fraction of sp³-hybridized carbons (Fsp3) is 0.0769. The van der Waals surface area contributed by atoms with E-state index in [4.69, 9.17) is 16.7 Å². The number of aromatic carboxylic acids is 1. The topological polar surface area (TPSA) is 92.2 Å². The van der Waals surface area contributed by atoms with Crippen LogP contribution < -0.4 is 5.32 Å². The van der Waals surface area contributed by atoms with Gasteiger partial charge in [-0.05, 0) is 25.1 Å². The number of amides is 1. The summed E-state index contributed by atoms with van der Waals surface area (Å²) in [6.45, 7) is 1.77. The van der Waals surface area contributed by atoms with Crippen LogP contribution >= 0.6 is 11.6 Å². The summed E-state index contributed by atoms with van der Waals surface area (Å²) < 4.78 is 0. The maximum absolute atomic E-state index is 12.0. The maximum Gasteiger partial charge on any atom is 0.354 e. The van der Waals surface area contributed by atoms with Crippen LogP contribution in [0.5, 0.6) is 0 Å². The molecule has 0 saturated carbocycles. The predicted octanol–water partition coefficient (Wildman–Crippen LogP) is 2.39. The Bertz CT molecular complexity index is 671. The van der Waals surface area contributed by atoms with Crippen LogP contribution in [0.25, 0.3) is 0 Å². The molecule has 2 rings (SSSR count). The lowest BCUT2D eigenvalue weighted by atomic mass is 10.2. The summed E-state index contributed by atoms with van der Waals surface area (Å²) in [6, 6.07) is 4.33. The van der Waals surface area contributed by atoms with Crippen LogP contribution in [0.4, 0.5) is 5.69 Å². The van der Waals surface area contributed by atoms with E-state index >= 15 is 0 Å². The van der Waals surface area contributed by atoms with E-state index in [1.54, 1.807) is 13.0 Å². The van der Waals surface area contributed by atoms with Crippen LogP contribution in [0.1, 0.15) is 26.5 Å². The molecule has 20 heavy (non-hydrogen) atoms. The lowest BCUT2D eigenvalue weighted by Crippen LogP contribution is -2.13. The number of hydrogen-bond acceptors (Lipinski definition) is 4. The second-order valence-electron chi connectivity index (χ2n) is 4.00. The van der Waals surface area contributed by atoms with Crippen LogP contribution in [0.15, 0.2) is 30.6 Å². The molecule has 0 aromatic carbocycles. The fourth-order valence-electron chi connectivity index (χ4n) is 1.49. The van der Waals surface area contributed by atoms with Gasteiger partial charge in [0.25, 0.3) is 5.91 Å². The molecule has 0 bridgehead atoms. The number of hydrogen-bond donors (Lipinski definition) is 2. The standard InChI is InChI=1S/C13H10ClN3O3/c1-7-4-10(14)9(6-15-7)12(18)17-8-2-3-11(13(19)20)16-5-8/h2-6H,1H3,(H,17,18)(H,19,20). The zero-order chi connectivity index (χ0) is 14.7. The van der Waals surface area contributed by atoms with E-state index < -0.39 is 11.9 Å². The van der Waals surface area contributed by atoms with Crippen molar-refractivity contribution in [3.05, 3.63) is 52.6 Å². The second-order valence-corrected chi connectivity index (χ2v) is 4.40. The van der Waals surface area contributed by atoms with Crippen LogP contribution in [0.3, 0.4) is 0 Å². The quantitative estimate of drug-likeness (QED) is 0.906. The van der Waals surface area contributed by atoms with Gasteiger partial charge in [-0.15, -0.1) is 0 Å². The minimum atomic E-state index is -1.13. The van der Waals surface area contributed by atoms with Gasteiger partial charge in [-0.1, -0.05) is 11.6 Å². The molecule has 1 amide bonds. The predicted molar refractivity (Wildman–Crippen MR) is 73.1 cm³/mol. The van der Waals surface area contributed by atoms with Gasteiger partial charge in [0.15, 0.2) is 0 Å². The monoisotopic (exact) mass is 291 g/mol. The second kappa shape index (κ2) is 5.66. The van der Waals surface area contributed by atoms with Crippen LogP contribution in [-0.2, 0) is 0 Å². The van der Waals surface area contributed by atoms with E-state index in [-0.39, 0.29) is 11.3 Å². The highest BCUT2D eigenvalue weighted by atomic mass is 35.5. The number of halogens is 1. The molecule has 2 aromatic heterocycles. The highest BCUT2D eigenvalue weighted by molar-refractivity contribution is 6.34. The Morgan fingerprint density at radius 1 is 1.25 bits per heavy atom. The Morgan fingerprint density at radius 3 is 2.55 bits per heavy atom. The van der Waals surface area contributed by atoms with Crippen molar-refractivity contribution in [2.75, 3.05) is 5.32 Å². The number of nitrogens with one attached hydrogen (secondary N) is 1. The van der Waals surface area contributed by atoms with Crippen molar-refractivity contribution in [3.8, 4) is 0 Å². The summed E-state index contributed by atoms with van der Waals surface area (Å²) in [6.07, 6.45) is 2.64. The molecule has 2 aromatic rings. The van der Waals surface area contributed by atoms with Gasteiger partial charge in [0, 0.05) is 11.9 Å². The number of carbonyl (C=O) groups is 2. The lowest BCUT2D eigenvalue weighted by molar-refractivity contribution is 0.0690. The van der Waals surface area contributed by atoms with Crippen molar-refractivity contribution < 1.29 is 14.7 Å². The SMILES string of the molecule is Cc1cc(Cl)c(C(=O)Nc2ccc(C(=O)O)nc2)cn1. The van der Waals surface area contributed by atoms with E-state index in [1.807, 2.05) is 0 Å². The molecule has 2 N–H and O–H groups in total. The normalized spacial score (nSPS) is 10.1. The summed E-state index contributed by atoms with van der Waals surface area (Å²) in [5.74, 6) is -1.57. The molecule has 0 aliphatic rings. The Hall–Kier alpha value is -2.47. The molecule has 2 heterocycles. The number of carbonyl (C=O) groups excluding carboxylic acids is 1. The zero-order valence-electron chi connectivity index (χ0n) is 10.4. The Labute approximate surface area is 119 Å². The highest BCUT2D eigenvalue weighted by Crippen LogP contribution is 2.17. The highest BCUT2D eigenvalue weighted by Gasteiger charge is 2.12. The van der Waals surface area contributed by atoms with Crippen molar-refractivity contribution in [1.82, 2.24) is 9.97 Å². The first-order chi connectivity index (χ1) is 9.47. The molecule has 102 valence electrons. The van der Waals surface area contributed by atoms with Crippen molar-refractivity contribution in [3.63, 3.8) is 0 Å². The Morgan fingerprint density at radius 2 is 2.00 bits per heavy atom. The number of rotatable bonds is 3. The molecule has 0 atom stereocenters. The van der Waals surface area contributed by atoms with Crippen LogP contribution in [0.2, 0.25) is 5.02 Å². The van der Waals surface area contributed by atoms with E-state index in [0.29, 0.717) is 16.4 Å². The summed E-state index contributed by atoms with van der Waals surface area (Å²) in [5.41, 5.74) is 1.22. The molecule has 0 spiro atoms. The van der Waals surface area contributed by atoms with Crippen molar-refractivity contribution in [2.24, 2.45) is 0 Å². The van der Waals surface area contributed by atoms with Gasteiger partial charge in [-0.3, -0.25) is 9.78 Å². The number of anilines is 1. The van der Waals surface area contributed by atoms with E-state index in [0.717, 1.165) is 0 Å². The molecule has 7 heteroatoms. The molecule has 0 fully saturated rings. The Balaban J connectivity index is 2.17. The average molecular weight is 292 g/mol. The zero-order valence-corrected chi connectivity index (χ0v) is 11.2. The van der Waals surface area contributed by atoms with Crippen molar-refractivity contribution in [1.29, 1.82) is 0 Å². The fourth-order valence-corrected chi connectivity index (χ4v) is 1.78. The molecular formula is C13H10ClN3O3. The first-order valence-corrected chi connectivity index (χ1v) is 5.98. The summed E-state index contributed by atoms with van der Waals surface area (Å²) >= 11 is 5.96. The third-order valence-electron chi connectivity index (χ3n) is 2.48. The van der Waals surface area contributed by atoms with Gasteiger partial charge in [0.05, 0.1) is 22.5 Å². The molecule has 0 unspecified atom stereocenters. The van der Waals surface area contributed by atoms with E-state index in [9.17, 15) is 9.59 Å². The first kappa shape index (κ1) is 14.0. The van der Waals surface area contributed by atoms with Gasteiger partial charge in [-0.25, -0.2) is 9.78 Å². The minimum absolute atomic E-state index is 0.0990. The summed E-state index contributed by atoms with van der Waals surface area (Å²) in [5, 5.41) is 11.6. The Kier molecular flexibility index (Phi) is 3.95. The van der Waals surface area contributed by atoms with E-state index in [2.05, 4.69) is 15.3 Å². The molecule has 0 radical (unpaired) electrons. The van der Waals surface area contributed by atoms with Crippen molar-refractivity contribution >= 4 is 29.2 Å². The van der Waals surface area contributed by atoms with Gasteiger partial charge >= 0.3 is 5.97 Å². The molecule has 0 aliphatic heterocycles. The van der Waals surface area contributed by atoms with Crippen LogP contribution in [-0.4, -0.2) is 27.0 Å². The minimum Gasteiger partial charge on any atom is -0.477 e. The molecule has 6 nitrogen and oxygen atoms in total. The summed E-state index contributed by atoms with van der Waals surface area (Å²) in [4.78, 5) is 30.3. The van der Waals surface area contributed by atoms with Gasteiger partial charge in [-0.2, -0.15) is 0 Å². The number of carboxylic acid groups (broad SMARTS) is 1. The molecule has 0 saturated heterocycles. The lowest BCUT2D eigenvalue weighted by Gasteiger charge is -2.06. The summed E-state index contributed by atoms with van der Waals surface area (Å²) in [7, 11) is 0. The van der Waals surface area contributed by atoms with Crippen molar-refractivity contribution in [2.45, 2.75) is 6.92 Å². The number of pyridine rings is 2. The molecular weight excluding hydrogens is 282 g/mol. The van der Waals surface area contributed by atoms with E-state index in [1.165, 1.54) is 24.5 Å². The van der Waals surface area contributed by atoms with Gasteiger partial charge < -0.3 is 10.4 Å². The average Bonchev–Trinajstić information content (AvgIpc) is 2.39. The number of aromatic nitrogens is 2. The van der Waals surface area contributed by atoms with Gasteiger partial charge in [0.1, 0.15) is 5.69 Å². The first-order valence-electron chi connectivity index (χ1n) is 5.60. The third kappa shape index (κ3) is 3.10. The van der Waals surface area contributed by atoms with Gasteiger partial charge in [0.2, 0.25) is 0 Å². The number of nitrogens with zero attached hydrogens (tertiary/aromatic N) is 2.